The van der Waals surface area contributed by atoms with Crippen molar-refractivity contribution in [1.82, 2.24) is 10.2 Å². The van der Waals surface area contributed by atoms with Crippen LogP contribution < -0.4 is 5.32 Å². The smallest absolute Gasteiger partial charge is 0.251 e. The number of carbonyl (C=O) groups is 1. The van der Waals surface area contributed by atoms with Crippen molar-refractivity contribution in [1.29, 1.82) is 0 Å². The third-order valence-electron chi connectivity index (χ3n) is 4.92. The van der Waals surface area contributed by atoms with Crippen LogP contribution in [0.5, 0.6) is 0 Å². The Morgan fingerprint density at radius 3 is 2.70 bits per heavy atom. The molecule has 0 spiro atoms. The topological polar surface area (TPSA) is 41.6 Å². The van der Waals surface area contributed by atoms with Gasteiger partial charge in [0.05, 0.1) is 0 Å². The Morgan fingerprint density at radius 1 is 1.22 bits per heavy atom. The van der Waals surface area contributed by atoms with Crippen molar-refractivity contribution in [3.8, 4) is 0 Å². The summed E-state index contributed by atoms with van der Waals surface area (Å²) in [5.74, 6) is 0.733. The monoisotopic (exact) mass is 316 g/mol. The summed E-state index contributed by atoms with van der Waals surface area (Å²) in [6.07, 6.45) is 5.98. The van der Waals surface area contributed by atoms with Crippen LogP contribution in [0, 0.1) is 5.92 Å². The molecule has 126 valence electrons. The predicted octanol–water partition coefficient (Wildman–Crippen LogP) is 2.83. The molecule has 4 heteroatoms. The fraction of sp³-hybridized carbons (Fsp3) is 0.632. The number of ether oxygens (including phenoxy) is 1. The van der Waals surface area contributed by atoms with E-state index in [1.54, 1.807) is 0 Å². The number of benzene rings is 1. The second kappa shape index (κ2) is 8.46. The fourth-order valence-electron chi connectivity index (χ4n) is 3.47. The summed E-state index contributed by atoms with van der Waals surface area (Å²) in [4.78, 5) is 14.6. The second-order valence-electron chi connectivity index (χ2n) is 6.81. The van der Waals surface area contributed by atoms with E-state index in [1.165, 1.54) is 37.9 Å². The largest absolute Gasteiger partial charge is 0.381 e. The minimum atomic E-state index is 0.0420. The maximum absolute atomic E-state index is 12.2. The first-order valence-electron chi connectivity index (χ1n) is 8.98. The highest BCUT2D eigenvalue weighted by Crippen LogP contribution is 2.17. The van der Waals surface area contributed by atoms with Gasteiger partial charge in [-0.15, -0.1) is 0 Å². The van der Waals surface area contributed by atoms with Crippen molar-refractivity contribution < 1.29 is 9.53 Å². The van der Waals surface area contributed by atoms with Crippen molar-refractivity contribution in [2.45, 2.75) is 38.6 Å². The Labute approximate surface area is 139 Å². The van der Waals surface area contributed by atoms with Gasteiger partial charge in [-0.1, -0.05) is 12.1 Å². The molecule has 23 heavy (non-hydrogen) atoms. The van der Waals surface area contributed by atoms with Crippen LogP contribution in [0.3, 0.4) is 0 Å². The van der Waals surface area contributed by atoms with E-state index in [0.717, 1.165) is 44.7 Å². The quantitative estimate of drug-likeness (QED) is 0.787. The molecule has 0 bridgehead atoms. The highest BCUT2D eigenvalue weighted by molar-refractivity contribution is 5.94. The van der Waals surface area contributed by atoms with Crippen LogP contribution in [-0.4, -0.2) is 43.7 Å². The summed E-state index contributed by atoms with van der Waals surface area (Å²) in [7, 11) is 0. The molecule has 2 fully saturated rings. The Bertz CT molecular complexity index is 489. The van der Waals surface area contributed by atoms with Crippen molar-refractivity contribution in [2.75, 3.05) is 32.8 Å². The van der Waals surface area contributed by atoms with Crippen LogP contribution in [0.1, 0.15) is 48.0 Å². The molecule has 0 saturated carbocycles. The maximum atomic E-state index is 12.2. The van der Waals surface area contributed by atoms with Gasteiger partial charge in [0.2, 0.25) is 0 Å². The number of rotatable bonds is 7. The third-order valence-corrected chi connectivity index (χ3v) is 4.92. The van der Waals surface area contributed by atoms with Gasteiger partial charge in [-0.2, -0.15) is 0 Å². The number of hydrogen-bond acceptors (Lipinski definition) is 3. The molecule has 2 aliphatic rings. The van der Waals surface area contributed by atoms with Gasteiger partial charge >= 0.3 is 0 Å². The summed E-state index contributed by atoms with van der Waals surface area (Å²) in [5.41, 5.74) is 2.06. The molecule has 0 unspecified atom stereocenters. The molecule has 0 radical (unpaired) electrons. The van der Waals surface area contributed by atoms with E-state index in [9.17, 15) is 4.79 Å². The Hall–Kier alpha value is -1.39. The number of likely N-dealkylation sites (tertiary alicyclic amines) is 1. The van der Waals surface area contributed by atoms with Crippen molar-refractivity contribution in [3.63, 3.8) is 0 Å². The Kier molecular flexibility index (Phi) is 6.06. The molecule has 2 aliphatic heterocycles. The fourth-order valence-corrected chi connectivity index (χ4v) is 3.47. The van der Waals surface area contributed by atoms with Crippen LogP contribution in [0.15, 0.2) is 24.3 Å². The lowest BCUT2D eigenvalue weighted by molar-refractivity contribution is 0.0952. The van der Waals surface area contributed by atoms with Crippen LogP contribution in [0.2, 0.25) is 0 Å². The first-order valence-corrected chi connectivity index (χ1v) is 8.98. The van der Waals surface area contributed by atoms with E-state index in [-0.39, 0.29) is 5.91 Å². The highest BCUT2D eigenvalue weighted by atomic mass is 16.5. The SMILES string of the molecule is O=C(NCCC[C@@H]1CCOC1)c1ccc(CN2CCCC2)cc1. The maximum Gasteiger partial charge on any atom is 0.251 e. The van der Waals surface area contributed by atoms with Gasteiger partial charge in [0.15, 0.2) is 0 Å². The first-order chi connectivity index (χ1) is 11.3. The number of amides is 1. The van der Waals surface area contributed by atoms with Crippen LogP contribution in [-0.2, 0) is 11.3 Å². The second-order valence-corrected chi connectivity index (χ2v) is 6.81. The van der Waals surface area contributed by atoms with Crippen molar-refractivity contribution in [2.24, 2.45) is 5.92 Å². The summed E-state index contributed by atoms with van der Waals surface area (Å²) < 4.78 is 5.37. The van der Waals surface area contributed by atoms with Gasteiger partial charge in [0, 0.05) is 31.9 Å². The molecule has 1 atom stereocenters. The molecule has 4 nitrogen and oxygen atoms in total. The molecule has 1 N–H and O–H groups in total. The molecular formula is C19H28N2O2. The minimum absolute atomic E-state index is 0.0420. The Morgan fingerprint density at radius 2 is 2.00 bits per heavy atom. The lowest BCUT2D eigenvalue weighted by atomic mass is 10.0. The molecule has 1 aromatic carbocycles. The van der Waals surface area contributed by atoms with Gasteiger partial charge in [0.25, 0.3) is 5.91 Å². The summed E-state index contributed by atoms with van der Waals surface area (Å²) in [6, 6.07) is 8.07. The van der Waals surface area contributed by atoms with Crippen molar-refractivity contribution in [3.05, 3.63) is 35.4 Å². The van der Waals surface area contributed by atoms with Crippen LogP contribution in [0.25, 0.3) is 0 Å². The highest BCUT2D eigenvalue weighted by Gasteiger charge is 2.15. The van der Waals surface area contributed by atoms with Crippen LogP contribution >= 0.6 is 0 Å². The van der Waals surface area contributed by atoms with Gasteiger partial charge in [0.1, 0.15) is 0 Å². The Balaban J connectivity index is 1.38. The molecule has 1 amide bonds. The molecule has 2 saturated heterocycles. The summed E-state index contributed by atoms with van der Waals surface area (Å²) in [6.45, 7) is 5.96. The molecule has 0 aliphatic carbocycles. The zero-order valence-electron chi connectivity index (χ0n) is 13.9. The average molecular weight is 316 g/mol. The molecular weight excluding hydrogens is 288 g/mol. The normalized spacial score (nSPS) is 21.7. The average Bonchev–Trinajstić information content (AvgIpc) is 3.26. The number of carbonyl (C=O) groups excluding carboxylic acids is 1. The molecule has 1 aromatic rings. The zero-order valence-corrected chi connectivity index (χ0v) is 13.9. The lowest BCUT2D eigenvalue weighted by Gasteiger charge is -2.14. The van der Waals surface area contributed by atoms with Gasteiger partial charge in [-0.3, -0.25) is 9.69 Å². The third kappa shape index (κ3) is 5.05. The summed E-state index contributed by atoms with van der Waals surface area (Å²) in [5, 5.41) is 3.03. The minimum Gasteiger partial charge on any atom is -0.381 e. The molecule has 0 aromatic heterocycles. The van der Waals surface area contributed by atoms with E-state index in [2.05, 4.69) is 22.3 Å². The van der Waals surface area contributed by atoms with E-state index < -0.39 is 0 Å². The number of nitrogens with one attached hydrogen (secondary N) is 1. The van der Waals surface area contributed by atoms with E-state index in [0.29, 0.717) is 5.92 Å². The van der Waals surface area contributed by atoms with E-state index in [4.69, 9.17) is 4.74 Å². The zero-order chi connectivity index (χ0) is 15.9. The lowest BCUT2D eigenvalue weighted by Crippen LogP contribution is -2.25. The van der Waals surface area contributed by atoms with E-state index >= 15 is 0 Å². The van der Waals surface area contributed by atoms with Gasteiger partial charge in [-0.05, 0) is 68.8 Å². The van der Waals surface area contributed by atoms with E-state index in [1.807, 2.05) is 12.1 Å². The number of hydrogen-bond donors (Lipinski definition) is 1. The first kappa shape index (κ1) is 16.5. The summed E-state index contributed by atoms with van der Waals surface area (Å²) >= 11 is 0. The predicted molar refractivity (Wildman–Crippen MR) is 91.4 cm³/mol. The van der Waals surface area contributed by atoms with Crippen LogP contribution in [0.4, 0.5) is 0 Å². The number of nitrogens with zero attached hydrogens (tertiary/aromatic N) is 1. The van der Waals surface area contributed by atoms with Gasteiger partial charge < -0.3 is 10.1 Å². The van der Waals surface area contributed by atoms with Crippen molar-refractivity contribution >= 4 is 5.91 Å². The standard InChI is InChI=1S/C19H28N2O2/c22-19(20-10-3-4-17-9-13-23-15-17)18-7-5-16(6-8-18)14-21-11-1-2-12-21/h5-8,17H,1-4,9-15H2,(H,20,22)/t17-/m1/s1. The molecule has 2 heterocycles. The van der Waals surface area contributed by atoms with Gasteiger partial charge in [-0.25, -0.2) is 0 Å². The molecule has 3 rings (SSSR count).